The van der Waals surface area contributed by atoms with Crippen LogP contribution >= 0.6 is 0 Å². The van der Waals surface area contributed by atoms with E-state index in [1.807, 2.05) is 44.2 Å². The number of hydrogen-bond donors (Lipinski definition) is 1. The first-order valence-electron chi connectivity index (χ1n) is 7.02. The Labute approximate surface area is 128 Å². The lowest BCUT2D eigenvalue weighted by atomic mass is 10.2. The van der Waals surface area contributed by atoms with Gasteiger partial charge in [0.25, 0.3) is 11.3 Å². The summed E-state index contributed by atoms with van der Waals surface area (Å²) >= 11 is 0. The lowest BCUT2D eigenvalue weighted by Gasteiger charge is -2.20. The molecule has 0 saturated heterocycles. The molecule has 2 aromatic rings. The molecule has 0 saturated carbocycles. The standard InChI is InChI=1S/C16H19N3O3/c1-11(2)19(3)16(21)14-15(20)13(9-17-18-14)22-10-12-7-5-4-6-8-12/h4-9,11H,10H2,1-3H3,(H,17,20). The molecule has 1 N–H and O–H groups in total. The van der Waals surface area contributed by atoms with Crippen molar-refractivity contribution in [1.82, 2.24) is 15.1 Å². The van der Waals surface area contributed by atoms with E-state index in [1.54, 1.807) is 7.05 Å². The number of benzene rings is 1. The average Bonchev–Trinajstić information content (AvgIpc) is 2.53. The third kappa shape index (κ3) is 3.52. The van der Waals surface area contributed by atoms with E-state index in [0.29, 0.717) is 0 Å². The van der Waals surface area contributed by atoms with Crippen LogP contribution in [0.1, 0.15) is 29.9 Å². The van der Waals surface area contributed by atoms with Crippen LogP contribution in [0, 0.1) is 0 Å². The van der Waals surface area contributed by atoms with E-state index < -0.39 is 11.3 Å². The van der Waals surface area contributed by atoms with Gasteiger partial charge in [0, 0.05) is 13.1 Å². The molecule has 6 heteroatoms. The van der Waals surface area contributed by atoms with Gasteiger partial charge < -0.3 is 9.64 Å². The Morgan fingerprint density at radius 3 is 2.64 bits per heavy atom. The van der Waals surface area contributed by atoms with Gasteiger partial charge in [-0.25, -0.2) is 0 Å². The van der Waals surface area contributed by atoms with Gasteiger partial charge in [-0.3, -0.25) is 14.7 Å². The first kappa shape index (κ1) is 15.8. The quantitative estimate of drug-likeness (QED) is 0.914. The van der Waals surface area contributed by atoms with E-state index in [1.165, 1.54) is 11.1 Å². The molecule has 1 aromatic heterocycles. The van der Waals surface area contributed by atoms with Gasteiger partial charge in [-0.1, -0.05) is 30.3 Å². The monoisotopic (exact) mass is 301 g/mol. The zero-order chi connectivity index (χ0) is 16.1. The van der Waals surface area contributed by atoms with Crippen LogP contribution in [-0.2, 0) is 6.61 Å². The molecule has 0 spiro atoms. The second-order valence-corrected chi connectivity index (χ2v) is 5.21. The molecule has 2 rings (SSSR count). The normalized spacial score (nSPS) is 10.5. The molecule has 1 amide bonds. The molecule has 0 aliphatic carbocycles. The first-order chi connectivity index (χ1) is 10.5. The van der Waals surface area contributed by atoms with Crippen molar-refractivity contribution in [2.45, 2.75) is 26.5 Å². The van der Waals surface area contributed by atoms with Crippen molar-refractivity contribution in [3.8, 4) is 5.75 Å². The SMILES string of the molecule is CC(C)N(C)C(=O)c1n[nH]cc(OCc2ccccc2)c1=O. The third-order valence-electron chi connectivity index (χ3n) is 3.35. The van der Waals surface area contributed by atoms with E-state index >= 15 is 0 Å². The van der Waals surface area contributed by atoms with Gasteiger partial charge in [0.15, 0.2) is 11.4 Å². The van der Waals surface area contributed by atoms with Gasteiger partial charge in [-0.15, -0.1) is 0 Å². The van der Waals surface area contributed by atoms with Crippen molar-refractivity contribution in [3.05, 3.63) is 58.0 Å². The highest BCUT2D eigenvalue weighted by Crippen LogP contribution is 2.08. The fourth-order valence-electron chi connectivity index (χ4n) is 1.78. The molecule has 116 valence electrons. The number of rotatable bonds is 5. The number of H-pyrrole nitrogens is 1. The van der Waals surface area contributed by atoms with Gasteiger partial charge in [0.2, 0.25) is 0 Å². The van der Waals surface area contributed by atoms with Crippen LogP contribution in [0.5, 0.6) is 5.75 Å². The van der Waals surface area contributed by atoms with Crippen LogP contribution in [0.25, 0.3) is 0 Å². The number of nitrogens with zero attached hydrogens (tertiary/aromatic N) is 2. The van der Waals surface area contributed by atoms with Crippen molar-refractivity contribution in [1.29, 1.82) is 0 Å². The molecule has 0 radical (unpaired) electrons. The van der Waals surface area contributed by atoms with Gasteiger partial charge in [0.05, 0.1) is 6.20 Å². The number of aromatic amines is 1. The van der Waals surface area contributed by atoms with E-state index in [9.17, 15) is 9.59 Å². The fraction of sp³-hybridized carbons (Fsp3) is 0.312. The number of nitrogens with one attached hydrogen (secondary N) is 1. The highest BCUT2D eigenvalue weighted by Gasteiger charge is 2.21. The Morgan fingerprint density at radius 1 is 1.32 bits per heavy atom. The zero-order valence-corrected chi connectivity index (χ0v) is 12.9. The minimum absolute atomic E-state index is 0.0254. The average molecular weight is 301 g/mol. The van der Waals surface area contributed by atoms with Crippen LogP contribution in [0.15, 0.2) is 41.3 Å². The molecule has 0 bridgehead atoms. The molecule has 1 aromatic carbocycles. The smallest absolute Gasteiger partial charge is 0.278 e. The number of amides is 1. The summed E-state index contributed by atoms with van der Waals surface area (Å²) in [7, 11) is 1.63. The lowest BCUT2D eigenvalue weighted by Crippen LogP contribution is -2.37. The van der Waals surface area contributed by atoms with E-state index in [-0.39, 0.29) is 24.1 Å². The Balaban J connectivity index is 2.19. The topological polar surface area (TPSA) is 75.3 Å². The molecule has 0 unspecified atom stereocenters. The van der Waals surface area contributed by atoms with Crippen LogP contribution in [0.4, 0.5) is 0 Å². The van der Waals surface area contributed by atoms with Crippen LogP contribution < -0.4 is 10.2 Å². The number of aromatic nitrogens is 2. The number of carbonyl (C=O) groups excluding carboxylic acids is 1. The van der Waals surface area contributed by atoms with Crippen molar-refractivity contribution in [2.24, 2.45) is 0 Å². The number of hydrogen-bond acceptors (Lipinski definition) is 4. The van der Waals surface area contributed by atoms with E-state index in [0.717, 1.165) is 5.56 Å². The third-order valence-corrected chi connectivity index (χ3v) is 3.35. The predicted molar refractivity (Wildman–Crippen MR) is 82.9 cm³/mol. The molecule has 1 heterocycles. The highest BCUT2D eigenvalue weighted by atomic mass is 16.5. The second kappa shape index (κ2) is 6.89. The van der Waals surface area contributed by atoms with Crippen molar-refractivity contribution >= 4 is 5.91 Å². The minimum atomic E-state index is -0.507. The molecule has 6 nitrogen and oxygen atoms in total. The summed E-state index contributed by atoms with van der Waals surface area (Å²) < 4.78 is 5.50. The van der Waals surface area contributed by atoms with Crippen molar-refractivity contribution in [2.75, 3.05) is 7.05 Å². The Kier molecular flexibility index (Phi) is 4.93. The van der Waals surface area contributed by atoms with Gasteiger partial charge >= 0.3 is 0 Å². The van der Waals surface area contributed by atoms with E-state index in [4.69, 9.17) is 4.74 Å². The Hall–Kier alpha value is -2.63. The van der Waals surface area contributed by atoms with Gasteiger partial charge in [0.1, 0.15) is 6.61 Å². The van der Waals surface area contributed by atoms with Crippen LogP contribution in [0.3, 0.4) is 0 Å². The molecule has 0 atom stereocenters. The molecule has 0 aliphatic heterocycles. The van der Waals surface area contributed by atoms with Crippen LogP contribution in [0.2, 0.25) is 0 Å². The summed E-state index contributed by atoms with van der Waals surface area (Å²) in [5.41, 5.74) is 0.264. The zero-order valence-electron chi connectivity index (χ0n) is 12.9. The summed E-state index contributed by atoms with van der Waals surface area (Å²) in [4.78, 5) is 26.0. The number of ether oxygens (including phenoxy) is 1. The fourth-order valence-corrected chi connectivity index (χ4v) is 1.78. The summed E-state index contributed by atoms with van der Waals surface area (Å²) in [5.74, 6) is -0.347. The molecule has 0 aliphatic rings. The molecular formula is C16H19N3O3. The van der Waals surface area contributed by atoms with Gasteiger partial charge in [-0.05, 0) is 19.4 Å². The summed E-state index contributed by atoms with van der Waals surface area (Å²) in [6.07, 6.45) is 1.36. The lowest BCUT2D eigenvalue weighted by molar-refractivity contribution is 0.0745. The summed E-state index contributed by atoms with van der Waals surface area (Å²) in [6, 6.07) is 9.45. The maximum absolute atomic E-state index is 12.3. The maximum Gasteiger partial charge on any atom is 0.278 e. The first-order valence-corrected chi connectivity index (χ1v) is 7.02. The highest BCUT2D eigenvalue weighted by molar-refractivity contribution is 5.92. The van der Waals surface area contributed by atoms with E-state index in [2.05, 4.69) is 10.2 Å². The predicted octanol–water partition coefficient (Wildman–Crippen LogP) is 1.83. The second-order valence-electron chi connectivity index (χ2n) is 5.21. The Bertz CT molecular complexity index is 695. The summed E-state index contributed by atoms with van der Waals surface area (Å²) in [5, 5.41) is 6.35. The van der Waals surface area contributed by atoms with Crippen LogP contribution in [-0.4, -0.2) is 34.1 Å². The largest absolute Gasteiger partial charge is 0.483 e. The minimum Gasteiger partial charge on any atom is -0.483 e. The van der Waals surface area contributed by atoms with Crippen molar-refractivity contribution in [3.63, 3.8) is 0 Å². The molecular weight excluding hydrogens is 282 g/mol. The van der Waals surface area contributed by atoms with Gasteiger partial charge in [-0.2, -0.15) is 5.10 Å². The molecule has 22 heavy (non-hydrogen) atoms. The maximum atomic E-state index is 12.3. The molecule has 0 fully saturated rings. The van der Waals surface area contributed by atoms with Crippen molar-refractivity contribution < 1.29 is 9.53 Å². The summed E-state index contributed by atoms with van der Waals surface area (Å²) in [6.45, 7) is 3.98. The number of carbonyl (C=O) groups is 1. The Morgan fingerprint density at radius 2 is 2.00 bits per heavy atom.